The van der Waals surface area contributed by atoms with Crippen molar-refractivity contribution >= 4 is 52.2 Å². The van der Waals surface area contributed by atoms with E-state index in [1.165, 1.54) is 29.8 Å². The number of aliphatic hydroxyl groups is 1. The summed E-state index contributed by atoms with van der Waals surface area (Å²) < 4.78 is 17.0. The van der Waals surface area contributed by atoms with Crippen molar-refractivity contribution in [2.24, 2.45) is 5.92 Å². The van der Waals surface area contributed by atoms with E-state index in [2.05, 4.69) is 5.32 Å². The molecule has 3 fully saturated rings. The van der Waals surface area contributed by atoms with Gasteiger partial charge < -0.3 is 39.9 Å². The maximum atomic E-state index is 15.3. The minimum Gasteiger partial charge on any atom is -0.477 e. The normalized spacial score (nSPS) is 22.2. The number of aliphatic hydroxyl groups excluding tert-OH is 1. The van der Waals surface area contributed by atoms with Gasteiger partial charge in [-0.2, -0.15) is 0 Å². The molecule has 0 bridgehead atoms. The first-order chi connectivity index (χ1) is 21.0. The number of amides is 3. The molecule has 13 nitrogen and oxygen atoms in total. The summed E-state index contributed by atoms with van der Waals surface area (Å²) in [5, 5.41) is 31.8. The molecule has 44 heavy (non-hydrogen) atoms. The Morgan fingerprint density at radius 3 is 2.41 bits per heavy atom. The van der Waals surface area contributed by atoms with Crippen LogP contribution in [0.2, 0.25) is 0 Å². The number of halogens is 1. The number of urea groups is 1. The number of nitrogens with one attached hydrogen (secondary N) is 1. The maximum Gasteiger partial charge on any atom is 0.353 e. The number of carboxylic acid groups (broad SMARTS) is 2. The van der Waals surface area contributed by atoms with E-state index in [1.54, 1.807) is 20.4 Å². The number of pyridine rings is 1. The Kier molecular flexibility index (Phi) is 7.78. The minimum absolute atomic E-state index is 0.0250. The molecule has 4 N–H and O–H groups in total. The number of piperazine rings is 1. The number of aliphatic carboxylic acids is 1. The van der Waals surface area contributed by atoms with Crippen molar-refractivity contribution in [3.63, 3.8) is 0 Å². The Bertz CT molecular complexity index is 1660. The highest BCUT2D eigenvalue weighted by Crippen LogP contribution is 2.47. The number of carboxylic acids is 2. The van der Waals surface area contributed by atoms with E-state index < -0.39 is 41.1 Å². The third-order valence-electron chi connectivity index (χ3n) is 8.72. The summed E-state index contributed by atoms with van der Waals surface area (Å²) in [7, 11) is 0. The van der Waals surface area contributed by atoms with E-state index in [0.717, 1.165) is 18.9 Å². The van der Waals surface area contributed by atoms with Gasteiger partial charge in [0, 0.05) is 67.4 Å². The van der Waals surface area contributed by atoms with Crippen LogP contribution in [-0.2, 0) is 9.59 Å². The summed E-state index contributed by atoms with van der Waals surface area (Å²) in [4.78, 5) is 66.5. The van der Waals surface area contributed by atoms with Crippen LogP contribution in [0, 0.1) is 11.7 Å². The Morgan fingerprint density at radius 2 is 1.80 bits per heavy atom. The fourth-order valence-electron chi connectivity index (χ4n) is 6.36. The lowest BCUT2D eigenvalue weighted by molar-refractivity contribution is -0.161. The van der Waals surface area contributed by atoms with Crippen molar-refractivity contribution in [2.45, 2.75) is 44.4 Å². The van der Waals surface area contributed by atoms with Crippen molar-refractivity contribution in [1.82, 2.24) is 19.7 Å². The third-order valence-corrected chi connectivity index (χ3v) is 9.84. The number of β-lactam (4-membered cyclic amide) rings is 1. The molecule has 234 valence electrons. The molecule has 1 aromatic heterocycles. The predicted octanol–water partition coefficient (Wildman–Crippen LogP) is 1.65. The highest BCUT2D eigenvalue weighted by atomic mass is 32.2. The summed E-state index contributed by atoms with van der Waals surface area (Å²) in [5.41, 5.74) is -0.398. The van der Waals surface area contributed by atoms with Gasteiger partial charge >= 0.3 is 18.0 Å². The van der Waals surface area contributed by atoms with E-state index in [-0.39, 0.29) is 47.0 Å². The molecular formula is C29H32FN5O8S. The van der Waals surface area contributed by atoms with Crippen molar-refractivity contribution in [3.8, 4) is 0 Å². The third kappa shape index (κ3) is 5.17. The highest BCUT2D eigenvalue weighted by molar-refractivity contribution is 8.03. The predicted molar refractivity (Wildman–Crippen MR) is 158 cm³/mol. The number of aromatic carboxylic acids is 1. The van der Waals surface area contributed by atoms with Crippen LogP contribution in [0.5, 0.6) is 0 Å². The first kappa shape index (κ1) is 29.9. The molecule has 4 heterocycles. The zero-order valence-electron chi connectivity index (χ0n) is 23.9. The average molecular weight is 630 g/mol. The van der Waals surface area contributed by atoms with Crippen LogP contribution in [0.3, 0.4) is 0 Å². The Morgan fingerprint density at radius 1 is 1.09 bits per heavy atom. The second-order valence-corrected chi connectivity index (χ2v) is 12.7. The SMILES string of the molecule is CC(O)C1C(=O)N2C(C(=O)O)=C(SCCNC(=O)N3CCN(c4cc5c(cc4F)c(=O)c(C(=O)O)cn5C4CC4)CC3)CC12. The first-order valence-electron chi connectivity index (χ1n) is 14.5. The summed E-state index contributed by atoms with van der Waals surface area (Å²) >= 11 is 1.27. The lowest BCUT2D eigenvalue weighted by Gasteiger charge is -2.44. The lowest BCUT2D eigenvalue weighted by Crippen LogP contribution is -2.61. The standard InChI is InChI=1S/C29H32FN5O8S/c1-14(36)23-21-12-22(24(28(41)42)35(21)26(23)38)44-9-4-31-29(43)33-7-5-32(6-8-33)20-11-19-16(10-18(20)30)25(37)17(27(39)40)13-34(19)15-2-3-15/h10-11,13-15,21,23,36H,2-9,12H2,1H3,(H,31,43)(H,39,40)(H,41,42). The van der Waals surface area contributed by atoms with Crippen LogP contribution in [0.25, 0.3) is 10.9 Å². The molecule has 1 aromatic carbocycles. The molecule has 0 radical (unpaired) electrons. The molecule has 15 heteroatoms. The molecule has 1 saturated carbocycles. The van der Waals surface area contributed by atoms with Gasteiger partial charge in [0.25, 0.3) is 0 Å². The number of fused-ring (bicyclic) bond motifs is 2. The molecule has 3 aliphatic heterocycles. The molecule has 0 spiro atoms. The summed E-state index contributed by atoms with van der Waals surface area (Å²) in [6.07, 6.45) is 2.52. The summed E-state index contributed by atoms with van der Waals surface area (Å²) in [6, 6.07) is 2.09. The van der Waals surface area contributed by atoms with Gasteiger partial charge in [-0.3, -0.25) is 9.59 Å². The Balaban J connectivity index is 1.05. The van der Waals surface area contributed by atoms with Gasteiger partial charge in [0.05, 0.1) is 29.3 Å². The second kappa shape index (κ2) is 11.4. The molecule has 2 saturated heterocycles. The van der Waals surface area contributed by atoms with Crippen molar-refractivity contribution < 1.29 is 38.9 Å². The number of nitrogens with zero attached hydrogens (tertiary/aromatic N) is 4. The minimum atomic E-state index is -1.35. The maximum absolute atomic E-state index is 15.3. The first-order valence-corrected chi connectivity index (χ1v) is 15.5. The molecule has 3 unspecified atom stereocenters. The second-order valence-electron chi connectivity index (χ2n) is 11.5. The number of hydrogen-bond acceptors (Lipinski definition) is 8. The van der Waals surface area contributed by atoms with Crippen LogP contribution in [0.4, 0.5) is 14.9 Å². The zero-order chi connectivity index (χ0) is 31.4. The topological polar surface area (TPSA) is 173 Å². The van der Waals surface area contributed by atoms with Gasteiger partial charge in [0.1, 0.15) is 17.1 Å². The van der Waals surface area contributed by atoms with Crippen molar-refractivity contribution in [3.05, 3.63) is 50.5 Å². The average Bonchev–Trinajstić information content (AvgIpc) is 3.77. The van der Waals surface area contributed by atoms with Gasteiger partial charge in [0.2, 0.25) is 11.3 Å². The Hall–Kier alpha value is -4.11. The van der Waals surface area contributed by atoms with Gasteiger partial charge in [-0.15, -0.1) is 11.8 Å². The highest BCUT2D eigenvalue weighted by Gasteiger charge is 2.56. The molecule has 3 atom stereocenters. The smallest absolute Gasteiger partial charge is 0.353 e. The summed E-state index contributed by atoms with van der Waals surface area (Å²) in [5.74, 6) is -3.80. The lowest BCUT2D eigenvalue weighted by atomic mass is 9.83. The van der Waals surface area contributed by atoms with E-state index in [1.807, 2.05) is 0 Å². The van der Waals surface area contributed by atoms with Gasteiger partial charge in [0.15, 0.2) is 0 Å². The van der Waals surface area contributed by atoms with Crippen LogP contribution in [-0.4, -0.2) is 104 Å². The number of carbonyl (C=O) groups excluding carboxylic acids is 2. The molecule has 4 aliphatic rings. The van der Waals surface area contributed by atoms with Crippen LogP contribution >= 0.6 is 11.8 Å². The van der Waals surface area contributed by atoms with E-state index >= 15 is 4.39 Å². The van der Waals surface area contributed by atoms with Gasteiger partial charge in [-0.25, -0.2) is 18.8 Å². The van der Waals surface area contributed by atoms with Gasteiger partial charge in [-0.05, 0) is 31.9 Å². The number of rotatable bonds is 9. The molecular weight excluding hydrogens is 597 g/mol. The quantitative estimate of drug-likeness (QED) is 0.236. The van der Waals surface area contributed by atoms with Crippen molar-refractivity contribution in [1.29, 1.82) is 0 Å². The zero-order valence-corrected chi connectivity index (χ0v) is 24.7. The van der Waals surface area contributed by atoms with Gasteiger partial charge in [-0.1, -0.05) is 0 Å². The molecule has 1 aliphatic carbocycles. The molecule has 6 rings (SSSR count). The number of aromatic nitrogens is 1. The largest absolute Gasteiger partial charge is 0.477 e. The van der Waals surface area contributed by atoms with Crippen LogP contribution in [0.15, 0.2) is 33.7 Å². The molecule has 3 amide bonds. The van der Waals surface area contributed by atoms with Crippen LogP contribution in [0.1, 0.15) is 42.6 Å². The van der Waals surface area contributed by atoms with Crippen molar-refractivity contribution in [2.75, 3.05) is 43.4 Å². The van der Waals surface area contributed by atoms with E-state index in [9.17, 15) is 39.3 Å². The van der Waals surface area contributed by atoms with E-state index in [0.29, 0.717) is 48.8 Å². The fourth-order valence-corrected chi connectivity index (χ4v) is 7.42. The number of carbonyl (C=O) groups is 4. The number of benzene rings is 1. The summed E-state index contributed by atoms with van der Waals surface area (Å²) in [6.45, 7) is 3.10. The number of thioether (sulfide) groups is 1. The fraction of sp³-hybridized carbons (Fsp3) is 0.483. The number of hydrogen-bond donors (Lipinski definition) is 4. The monoisotopic (exact) mass is 629 g/mol. The van der Waals surface area contributed by atoms with E-state index in [4.69, 9.17) is 0 Å². The number of anilines is 1. The Labute approximate surface area is 254 Å². The van der Waals surface area contributed by atoms with Crippen LogP contribution < -0.4 is 15.6 Å². The molecule has 2 aromatic rings.